The fraction of sp³-hybridized carbons (Fsp3) is 0.941. The molecule has 0 radical (unpaired) electrons. The van der Waals surface area contributed by atoms with Gasteiger partial charge in [0.25, 0.3) is 0 Å². The summed E-state index contributed by atoms with van der Waals surface area (Å²) in [4.78, 5) is 12.1. The van der Waals surface area contributed by atoms with Crippen LogP contribution in [-0.2, 0) is 4.79 Å². The fourth-order valence-corrected chi connectivity index (χ4v) is 3.14. The number of carbonyl (C=O) groups is 1. The highest BCUT2D eigenvalue weighted by Gasteiger charge is 2.22. The van der Waals surface area contributed by atoms with E-state index in [1.54, 1.807) is 0 Å². The molecule has 3 N–H and O–H groups in total. The van der Waals surface area contributed by atoms with Crippen molar-refractivity contribution in [1.82, 2.24) is 5.32 Å². The summed E-state index contributed by atoms with van der Waals surface area (Å²) in [6.45, 7) is 6.57. The van der Waals surface area contributed by atoms with Crippen molar-refractivity contribution in [3.8, 4) is 0 Å². The third-order valence-corrected chi connectivity index (χ3v) is 4.46. The molecule has 0 aliphatic heterocycles. The van der Waals surface area contributed by atoms with E-state index in [-0.39, 0.29) is 30.4 Å². The lowest BCUT2D eigenvalue weighted by atomic mass is 9.85. The Morgan fingerprint density at radius 1 is 1.14 bits per heavy atom. The molecule has 1 saturated carbocycles. The summed E-state index contributed by atoms with van der Waals surface area (Å²) in [6, 6.07) is -0.0655. The molecule has 3 nitrogen and oxygen atoms in total. The van der Waals surface area contributed by atoms with E-state index in [0.717, 1.165) is 18.8 Å². The zero-order chi connectivity index (χ0) is 15.0. The maximum atomic E-state index is 12.1. The van der Waals surface area contributed by atoms with Crippen LogP contribution >= 0.6 is 12.4 Å². The molecule has 0 saturated heterocycles. The molecular weight excluding hydrogens is 284 g/mol. The molecule has 0 aromatic carbocycles. The lowest BCUT2D eigenvalue weighted by molar-refractivity contribution is -0.123. The zero-order valence-electron chi connectivity index (χ0n) is 14.1. The number of halogens is 1. The molecule has 2 unspecified atom stereocenters. The van der Waals surface area contributed by atoms with Gasteiger partial charge in [0, 0.05) is 6.04 Å². The van der Waals surface area contributed by atoms with Crippen molar-refractivity contribution in [2.75, 3.05) is 0 Å². The minimum atomic E-state index is -0.314. The van der Waals surface area contributed by atoms with Crippen molar-refractivity contribution in [3.63, 3.8) is 0 Å². The van der Waals surface area contributed by atoms with Crippen molar-refractivity contribution < 1.29 is 4.79 Å². The number of amides is 1. The Balaban J connectivity index is 0.00000400. The molecule has 1 fully saturated rings. The van der Waals surface area contributed by atoms with Gasteiger partial charge in [-0.25, -0.2) is 0 Å². The van der Waals surface area contributed by atoms with Crippen LogP contribution in [0.2, 0.25) is 0 Å². The number of carbonyl (C=O) groups excluding carboxylic acids is 1. The molecule has 126 valence electrons. The first kappa shape index (κ1) is 20.7. The van der Waals surface area contributed by atoms with Crippen molar-refractivity contribution in [3.05, 3.63) is 0 Å². The third-order valence-electron chi connectivity index (χ3n) is 4.46. The highest BCUT2D eigenvalue weighted by molar-refractivity contribution is 5.85. The lowest BCUT2D eigenvalue weighted by Crippen LogP contribution is -2.45. The summed E-state index contributed by atoms with van der Waals surface area (Å²) in [6.07, 6.45) is 10.8. The predicted molar refractivity (Wildman–Crippen MR) is 92.7 cm³/mol. The Bertz CT molecular complexity index is 278. The highest BCUT2D eigenvalue weighted by Crippen LogP contribution is 2.26. The smallest absolute Gasteiger partial charge is 0.237 e. The molecule has 0 aromatic rings. The standard InChI is InChI=1S/C17H34N2O.ClH/c1-13(2)8-7-9-14(3)19-17(20)16(18)12-15-10-5-4-6-11-15;/h13-16H,4-12,18H2,1-3H3,(H,19,20);1H. The second-order valence-corrected chi connectivity index (χ2v) is 7.08. The van der Waals surface area contributed by atoms with Gasteiger partial charge in [-0.1, -0.05) is 58.8 Å². The minimum Gasteiger partial charge on any atom is -0.352 e. The third kappa shape index (κ3) is 9.36. The Morgan fingerprint density at radius 3 is 2.33 bits per heavy atom. The average Bonchev–Trinajstić information content (AvgIpc) is 2.39. The van der Waals surface area contributed by atoms with Crippen molar-refractivity contribution in [2.45, 2.75) is 90.6 Å². The second kappa shape index (κ2) is 11.3. The Labute approximate surface area is 137 Å². The first-order valence-electron chi connectivity index (χ1n) is 8.55. The van der Waals surface area contributed by atoms with Gasteiger partial charge in [0.2, 0.25) is 5.91 Å². The Morgan fingerprint density at radius 2 is 1.76 bits per heavy atom. The number of hydrogen-bond acceptors (Lipinski definition) is 2. The van der Waals surface area contributed by atoms with Crippen molar-refractivity contribution in [1.29, 1.82) is 0 Å². The normalized spacial score (nSPS) is 18.9. The van der Waals surface area contributed by atoms with E-state index in [0.29, 0.717) is 5.92 Å². The minimum absolute atomic E-state index is 0. The van der Waals surface area contributed by atoms with Gasteiger partial charge in [0.15, 0.2) is 0 Å². The summed E-state index contributed by atoms with van der Waals surface area (Å²) in [5, 5.41) is 3.08. The number of nitrogens with one attached hydrogen (secondary N) is 1. The van der Waals surface area contributed by atoms with Crippen LogP contribution in [0.4, 0.5) is 0 Å². The highest BCUT2D eigenvalue weighted by atomic mass is 35.5. The van der Waals surface area contributed by atoms with Crippen molar-refractivity contribution >= 4 is 18.3 Å². The molecule has 0 bridgehead atoms. The lowest BCUT2D eigenvalue weighted by Gasteiger charge is -2.25. The molecule has 1 aliphatic carbocycles. The van der Waals surface area contributed by atoms with Gasteiger partial charge in [-0.05, 0) is 31.6 Å². The second-order valence-electron chi connectivity index (χ2n) is 7.08. The van der Waals surface area contributed by atoms with Crippen molar-refractivity contribution in [2.24, 2.45) is 17.6 Å². The van der Waals surface area contributed by atoms with Gasteiger partial charge in [0.1, 0.15) is 0 Å². The molecule has 2 atom stereocenters. The van der Waals surface area contributed by atoms with Gasteiger partial charge in [-0.2, -0.15) is 0 Å². The number of rotatable bonds is 8. The van der Waals surface area contributed by atoms with E-state index in [4.69, 9.17) is 5.73 Å². The molecule has 0 heterocycles. The molecular formula is C17H35ClN2O. The number of nitrogens with two attached hydrogens (primary N) is 1. The van der Waals surface area contributed by atoms with Crippen LogP contribution in [0.15, 0.2) is 0 Å². The van der Waals surface area contributed by atoms with Gasteiger partial charge < -0.3 is 11.1 Å². The topological polar surface area (TPSA) is 55.1 Å². The maximum Gasteiger partial charge on any atom is 0.237 e. The summed E-state index contributed by atoms with van der Waals surface area (Å²) >= 11 is 0. The molecule has 1 rings (SSSR count). The molecule has 21 heavy (non-hydrogen) atoms. The van der Waals surface area contributed by atoms with Crippen LogP contribution in [0.25, 0.3) is 0 Å². The summed E-state index contributed by atoms with van der Waals surface area (Å²) in [5.41, 5.74) is 6.06. The van der Waals surface area contributed by atoms with E-state index in [9.17, 15) is 4.79 Å². The molecule has 0 spiro atoms. The predicted octanol–water partition coefficient (Wildman–Crippen LogP) is 4.04. The maximum absolute atomic E-state index is 12.1. The summed E-state index contributed by atoms with van der Waals surface area (Å²) < 4.78 is 0. The van der Waals surface area contributed by atoms with Crippen LogP contribution in [0.1, 0.15) is 78.6 Å². The van der Waals surface area contributed by atoms with Crippen LogP contribution < -0.4 is 11.1 Å². The molecule has 0 aromatic heterocycles. The Kier molecular flexibility index (Phi) is 11.2. The van der Waals surface area contributed by atoms with Crippen LogP contribution in [-0.4, -0.2) is 18.0 Å². The Hall–Kier alpha value is -0.280. The monoisotopic (exact) mass is 318 g/mol. The average molecular weight is 319 g/mol. The van der Waals surface area contributed by atoms with E-state index < -0.39 is 0 Å². The van der Waals surface area contributed by atoms with Crippen LogP contribution in [0.3, 0.4) is 0 Å². The van der Waals surface area contributed by atoms with Crippen LogP contribution in [0, 0.1) is 11.8 Å². The largest absolute Gasteiger partial charge is 0.352 e. The zero-order valence-corrected chi connectivity index (χ0v) is 14.9. The number of hydrogen-bond donors (Lipinski definition) is 2. The summed E-state index contributed by atoms with van der Waals surface area (Å²) in [5.74, 6) is 1.46. The molecule has 4 heteroatoms. The van der Waals surface area contributed by atoms with E-state index in [2.05, 4.69) is 26.1 Å². The van der Waals surface area contributed by atoms with Gasteiger partial charge in [-0.3, -0.25) is 4.79 Å². The van der Waals surface area contributed by atoms with Gasteiger partial charge in [0.05, 0.1) is 6.04 Å². The van der Waals surface area contributed by atoms with Gasteiger partial charge in [-0.15, -0.1) is 12.4 Å². The first-order chi connectivity index (χ1) is 9.49. The SMILES string of the molecule is CC(C)CCCC(C)NC(=O)C(N)CC1CCCCC1.Cl. The molecule has 1 aliphatic rings. The van der Waals surface area contributed by atoms with E-state index >= 15 is 0 Å². The van der Waals surface area contributed by atoms with Gasteiger partial charge >= 0.3 is 0 Å². The van der Waals surface area contributed by atoms with E-state index in [1.807, 2.05) is 0 Å². The molecule has 1 amide bonds. The fourth-order valence-electron chi connectivity index (χ4n) is 3.14. The van der Waals surface area contributed by atoms with Crippen LogP contribution in [0.5, 0.6) is 0 Å². The van der Waals surface area contributed by atoms with E-state index in [1.165, 1.54) is 44.9 Å². The quantitative estimate of drug-likeness (QED) is 0.709. The first-order valence-corrected chi connectivity index (χ1v) is 8.55. The summed E-state index contributed by atoms with van der Waals surface area (Å²) in [7, 11) is 0.